The molecule has 1 aliphatic rings. The van der Waals surface area contributed by atoms with Gasteiger partial charge in [0.2, 0.25) is 0 Å². The lowest BCUT2D eigenvalue weighted by Gasteiger charge is -2.15. The maximum absolute atomic E-state index is 6.29. The molecule has 1 nitrogen and oxygen atoms in total. The predicted octanol–water partition coefficient (Wildman–Crippen LogP) is 4.46. The number of rotatable bonds is 2. The second kappa shape index (κ2) is 5.19. The lowest BCUT2D eigenvalue weighted by molar-refractivity contribution is 0.275. The minimum atomic E-state index is 0.873. The molecule has 2 aromatic rings. The number of hydrogen-bond acceptors (Lipinski definition) is 1. The largest absolute Gasteiger partial charge is 0.291 e. The standard InChI is InChI=1S/C15H13ClIN/c16-15-7-14(17)6-5-13(15)10-18-8-11-3-1-2-4-12(11)9-18/h1-7H,8-10H2. The van der Waals surface area contributed by atoms with E-state index >= 15 is 0 Å². The van der Waals surface area contributed by atoms with Gasteiger partial charge in [-0.15, -0.1) is 0 Å². The molecule has 0 bridgehead atoms. The average molecular weight is 370 g/mol. The molecule has 0 aromatic heterocycles. The van der Waals surface area contributed by atoms with Crippen LogP contribution in [0.3, 0.4) is 0 Å². The molecule has 1 heterocycles. The summed E-state index contributed by atoms with van der Waals surface area (Å²) in [7, 11) is 0. The van der Waals surface area contributed by atoms with Crippen molar-refractivity contribution in [2.45, 2.75) is 19.6 Å². The van der Waals surface area contributed by atoms with E-state index in [-0.39, 0.29) is 0 Å². The molecule has 3 heteroatoms. The van der Waals surface area contributed by atoms with Crippen LogP contribution < -0.4 is 0 Å². The first-order valence-electron chi connectivity index (χ1n) is 5.95. The third-order valence-electron chi connectivity index (χ3n) is 3.32. The Balaban J connectivity index is 1.76. The fourth-order valence-corrected chi connectivity index (χ4v) is 3.32. The van der Waals surface area contributed by atoms with Crippen molar-refractivity contribution in [3.8, 4) is 0 Å². The maximum Gasteiger partial charge on any atom is 0.0461 e. The molecule has 0 aliphatic carbocycles. The van der Waals surface area contributed by atoms with Crippen molar-refractivity contribution < 1.29 is 0 Å². The van der Waals surface area contributed by atoms with Crippen molar-refractivity contribution in [1.29, 1.82) is 0 Å². The Labute approximate surface area is 126 Å². The van der Waals surface area contributed by atoms with E-state index in [0.29, 0.717) is 0 Å². The van der Waals surface area contributed by atoms with Gasteiger partial charge in [0.05, 0.1) is 0 Å². The summed E-state index contributed by atoms with van der Waals surface area (Å²) in [5.74, 6) is 0. The summed E-state index contributed by atoms with van der Waals surface area (Å²) in [6.07, 6.45) is 0. The maximum atomic E-state index is 6.29. The first-order valence-corrected chi connectivity index (χ1v) is 7.41. The van der Waals surface area contributed by atoms with Crippen molar-refractivity contribution in [3.63, 3.8) is 0 Å². The molecule has 0 fully saturated rings. The Kier molecular flexibility index (Phi) is 3.59. The molecule has 0 atom stereocenters. The van der Waals surface area contributed by atoms with E-state index < -0.39 is 0 Å². The van der Waals surface area contributed by atoms with Gasteiger partial charge in [-0.3, -0.25) is 4.90 Å². The highest BCUT2D eigenvalue weighted by atomic mass is 127. The van der Waals surface area contributed by atoms with Crippen molar-refractivity contribution in [2.24, 2.45) is 0 Å². The van der Waals surface area contributed by atoms with E-state index in [0.717, 1.165) is 24.7 Å². The van der Waals surface area contributed by atoms with Crippen LogP contribution in [0.5, 0.6) is 0 Å². The molecular formula is C15H13ClIN. The van der Waals surface area contributed by atoms with Crippen molar-refractivity contribution >= 4 is 34.2 Å². The van der Waals surface area contributed by atoms with Gasteiger partial charge in [0.25, 0.3) is 0 Å². The van der Waals surface area contributed by atoms with Crippen molar-refractivity contribution in [2.75, 3.05) is 0 Å². The van der Waals surface area contributed by atoms with Crippen LogP contribution in [0.4, 0.5) is 0 Å². The van der Waals surface area contributed by atoms with E-state index in [9.17, 15) is 0 Å². The second-order valence-corrected chi connectivity index (χ2v) is 6.30. The van der Waals surface area contributed by atoms with Crippen LogP contribution in [0.25, 0.3) is 0 Å². The molecular weight excluding hydrogens is 357 g/mol. The van der Waals surface area contributed by atoms with E-state index in [1.54, 1.807) is 0 Å². The molecule has 0 radical (unpaired) electrons. The van der Waals surface area contributed by atoms with Crippen LogP contribution in [0.1, 0.15) is 16.7 Å². The normalized spacial score (nSPS) is 14.8. The molecule has 3 rings (SSSR count). The summed E-state index contributed by atoms with van der Waals surface area (Å²) in [5.41, 5.74) is 4.10. The fourth-order valence-electron chi connectivity index (χ4n) is 2.41. The Morgan fingerprint density at radius 3 is 2.33 bits per heavy atom. The van der Waals surface area contributed by atoms with E-state index in [2.05, 4.69) is 63.9 Å². The van der Waals surface area contributed by atoms with Gasteiger partial charge < -0.3 is 0 Å². The zero-order valence-electron chi connectivity index (χ0n) is 9.87. The number of hydrogen-bond donors (Lipinski definition) is 0. The number of halogens is 2. The summed E-state index contributed by atoms with van der Waals surface area (Å²) in [6, 6.07) is 14.9. The van der Waals surface area contributed by atoms with Gasteiger partial charge >= 0.3 is 0 Å². The third kappa shape index (κ3) is 2.56. The van der Waals surface area contributed by atoms with Gasteiger partial charge in [-0.05, 0) is 51.4 Å². The Hall–Kier alpha value is -0.580. The fraction of sp³-hybridized carbons (Fsp3) is 0.200. The molecule has 92 valence electrons. The van der Waals surface area contributed by atoms with Crippen molar-refractivity contribution in [3.05, 3.63) is 67.7 Å². The summed E-state index contributed by atoms with van der Waals surface area (Å²) in [4.78, 5) is 2.43. The Morgan fingerprint density at radius 2 is 1.72 bits per heavy atom. The molecule has 0 saturated carbocycles. The lowest BCUT2D eigenvalue weighted by Crippen LogP contribution is -2.15. The summed E-state index contributed by atoms with van der Waals surface area (Å²) in [6.45, 7) is 2.97. The van der Waals surface area contributed by atoms with E-state index in [4.69, 9.17) is 11.6 Å². The average Bonchev–Trinajstić information content (AvgIpc) is 2.75. The zero-order valence-corrected chi connectivity index (χ0v) is 12.8. The van der Waals surface area contributed by atoms with Gasteiger partial charge in [0, 0.05) is 28.2 Å². The minimum absolute atomic E-state index is 0.873. The van der Waals surface area contributed by atoms with Gasteiger partial charge in [0.15, 0.2) is 0 Å². The minimum Gasteiger partial charge on any atom is -0.291 e. The smallest absolute Gasteiger partial charge is 0.0461 e. The highest BCUT2D eigenvalue weighted by Gasteiger charge is 2.18. The van der Waals surface area contributed by atoms with Crippen LogP contribution in [0, 0.1) is 3.57 Å². The van der Waals surface area contributed by atoms with Crippen LogP contribution in [0.15, 0.2) is 42.5 Å². The second-order valence-electron chi connectivity index (χ2n) is 4.65. The summed E-state index contributed by atoms with van der Waals surface area (Å²) in [5, 5.41) is 0.873. The van der Waals surface area contributed by atoms with Crippen LogP contribution in [-0.4, -0.2) is 4.90 Å². The number of benzene rings is 2. The van der Waals surface area contributed by atoms with Crippen LogP contribution in [0.2, 0.25) is 5.02 Å². The molecule has 0 unspecified atom stereocenters. The molecule has 18 heavy (non-hydrogen) atoms. The molecule has 0 saturated heterocycles. The van der Waals surface area contributed by atoms with Gasteiger partial charge in [0.1, 0.15) is 0 Å². The SMILES string of the molecule is Clc1cc(I)ccc1CN1Cc2ccccc2C1. The summed E-state index contributed by atoms with van der Waals surface area (Å²) < 4.78 is 1.19. The van der Waals surface area contributed by atoms with E-state index in [1.165, 1.54) is 20.3 Å². The summed E-state index contributed by atoms with van der Waals surface area (Å²) >= 11 is 8.58. The first kappa shape index (κ1) is 12.5. The van der Waals surface area contributed by atoms with Gasteiger partial charge in [-0.2, -0.15) is 0 Å². The molecule has 0 N–H and O–H groups in total. The number of fused-ring (bicyclic) bond motifs is 1. The first-order chi connectivity index (χ1) is 8.72. The Morgan fingerprint density at radius 1 is 1.06 bits per heavy atom. The zero-order chi connectivity index (χ0) is 12.5. The highest BCUT2D eigenvalue weighted by Crippen LogP contribution is 2.26. The predicted molar refractivity (Wildman–Crippen MR) is 83.6 cm³/mol. The molecule has 2 aromatic carbocycles. The lowest BCUT2D eigenvalue weighted by atomic mass is 10.1. The highest BCUT2D eigenvalue weighted by molar-refractivity contribution is 14.1. The van der Waals surface area contributed by atoms with Crippen LogP contribution >= 0.6 is 34.2 Å². The van der Waals surface area contributed by atoms with Crippen molar-refractivity contribution in [1.82, 2.24) is 4.90 Å². The van der Waals surface area contributed by atoms with Crippen LogP contribution in [-0.2, 0) is 19.6 Å². The van der Waals surface area contributed by atoms with Gasteiger partial charge in [-0.25, -0.2) is 0 Å². The Bertz CT molecular complexity index is 557. The molecule has 0 amide bonds. The quantitative estimate of drug-likeness (QED) is 0.707. The number of nitrogens with zero attached hydrogens (tertiary/aromatic N) is 1. The van der Waals surface area contributed by atoms with E-state index in [1.807, 2.05) is 6.07 Å². The monoisotopic (exact) mass is 369 g/mol. The van der Waals surface area contributed by atoms with Gasteiger partial charge in [-0.1, -0.05) is 41.9 Å². The third-order valence-corrected chi connectivity index (χ3v) is 4.34. The molecule has 1 aliphatic heterocycles. The molecule has 0 spiro atoms. The topological polar surface area (TPSA) is 3.24 Å².